The normalized spacial score (nSPS) is 10.9. The van der Waals surface area contributed by atoms with Gasteiger partial charge in [0.2, 0.25) is 0 Å². The molecule has 1 heterocycles. The smallest absolute Gasteiger partial charge is 0.119 e. The lowest BCUT2D eigenvalue weighted by Gasteiger charge is -2.05. The van der Waals surface area contributed by atoms with Crippen molar-refractivity contribution in [1.29, 1.82) is 0 Å². The van der Waals surface area contributed by atoms with Crippen molar-refractivity contribution in [2.24, 2.45) is 0 Å². The number of rotatable bonds is 3. The van der Waals surface area contributed by atoms with Crippen LogP contribution in [0.1, 0.15) is 11.5 Å². The minimum absolute atomic E-state index is 0.452. The molecule has 0 spiro atoms. The van der Waals surface area contributed by atoms with Crippen LogP contribution in [0.2, 0.25) is 0 Å². The number of alkyl halides is 1. The first-order chi connectivity index (χ1) is 5.22. The van der Waals surface area contributed by atoms with Gasteiger partial charge in [0, 0.05) is 0 Å². The van der Waals surface area contributed by atoms with Gasteiger partial charge in [-0.2, -0.15) is 0 Å². The third-order valence-corrected chi connectivity index (χ3v) is 1.58. The van der Waals surface area contributed by atoms with Crippen LogP contribution in [0.15, 0.2) is 16.5 Å². The Kier molecular flexibility index (Phi) is 2.97. The maximum Gasteiger partial charge on any atom is 0.119 e. The van der Waals surface area contributed by atoms with Crippen molar-refractivity contribution in [2.45, 2.75) is 12.4 Å². The van der Waals surface area contributed by atoms with E-state index in [9.17, 15) is 0 Å². The molecular weight excluding hydrogens is 162 g/mol. The van der Waals surface area contributed by atoms with Crippen molar-refractivity contribution >= 4 is 11.6 Å². The SMILES string of the molecule is CN(C)Cc1ccc(CCl)o1. The van der Waals surface area contributed by atoms with Crippen molar-refractivity contribution in [3.05, 3.63) is 23.7 Å². The van der Waals surface area contributed by atoms with Crippen LogP contribution in [-0.4, -0.2) is 19.0 Å². The first kappa shape index (κ1) is 8.62. The summed E-state index contributed by atoms with van der Waals surface area (Å²) in [5, 5.41) is 0. The topological polar surface area (TPSA) is 16.4 Å². The Morgan fingerprint density at radius 3 is 2.45 bits per heavy atom. The van der Waals surface area contributed by atoms with Crippen LogP contribution in [-0.2, 0) is 12.4 Å². The summed E-state index contributed by atoms with van der Waals surface area (Å²) in [5.41, 5.74) is 0. The highest BCUT2D eigenvalue weighted by molar-refractivity contribution is 6.16. The number of hydrogen-bond donors (Lipinski definition) is 0. The Balaban J connectivity index is 2.58. The monoisotopic (exact) mass is 173 g/mol. The van der Waals surface area contributed by atoms with Gasteiger partial charge >= 0.3 is 0 Å². The maximum atomic E-state index is 5.57. The first-order valence-electron chi connectivity index (χ1n) is 3.50. The van der Waals surface area contributed by atoms with Crippen LogP contribution in [0.5, 0.6) is 0 Å². The zero-order chi connectivity index (χ0) is 8.27. The van der Waals surface area contributed by atoms with Gasteiger partial charge in [0.25, 0.3) is 0 Å². The van der Waals surface area contributed by atoms with Crippen molar-refractivity contribution in [3.63, 3.8) is 0 Å². The van der Waals surface area contributed by atoms with Crippen molar-refractivity contribution in [1.82, 2.24) is 4.90 Å². The summed E-state index contributed by atoms with van der Waals surface area (Å²) >= 11 is 5.57. The second-order valence-corrected chi connectivity index (χ2v) is 3.01. The average molecular weight is 174 g/mol. The molecule has 3 heteroatoms. The number of furan rings is 1. The first-order valence-corrected chi connectivity index (χ1v) is 4.04. The van der Waals surface area contributed by atoms with Crippen LogP contribution in [0.4, 0.5) is 0 Å². The van der Waals surface area contributed by atoms with Gasteiger partial charge in [0.15, 0.2) is 0 Å². The van der Waals surface area contributed by atoms with Crippen LogP contribution >= 0.6 is 11.6 Å². The van der Waals surface area contributed by atoms with Crippen LogP contribution in [0.3, 0.4) is 0 Å². The minimum Gasteiger partial charge on any atom is -0.463 e. The van der Waals surface area contributed by atoms with Crippen molar-refractivity contribution < 1.29 is 4.42 Å². The largest absolute Gasteiger partial charge is 0.463 e. The molecule has 0 fully saturated rings. The predicted molar refractivity (Wildman–Crippen MR) is 45.7 cm³/mol. The molecule has 2 nitrogen and oxygen atoms in total. The average Bonchev–Trinajstić information content (AvgIpc) is 2.34. The summed E-state index contributed by atoms with van der Waals surface area (Å²) < 4.78 is 5.37. The third kappa shape index (κ3) is 2.56. The zero-order valence-corrected chi connectivity index (χ0v) is 7.56. The lowest BCUT2D eigenvalue weighted by Crippen LogP contribution is -2.09. The summed E-state index contributed by atoms with van der Waals surface area (Å²) in [6, 6.07) is 3.86. The lowest BCUT2D eigenvalue weighted by molar-refractivity contribution is 0.344. The molecule has 0 saturated carbocycles. The number of halogens is 1. The molecule has 1 aromatic rings. The Labute approximate surface area is 71.7 Å². The van der Waals surface area contributed by atoms with Gasteiger partial charge < -0.3 is 9.32 Å². The zero-order valence-electron chi connectivity index (χ0n) is 6.80. The van der Waals surface area contributed by atoms with E-state index in [1.54, 1.807) is 0 Å². The molecule has 1 rings (SSSR count). The summed E-state index contributed by atoms with van der Waals surface area (Å²) in [6.45, 7) is 0.830. The van der Waals surface area contributed by atoms with E-state index in [2.05, 4.69) is 4.90 Å². The van der Waals surface area contributed by atoms with E-state index < -0.39 is 0 Å². The summed E-state index contributed by atoms with van der Waals surface area (Å²) in [4.78, 5) is 2.05. The van der Waals surface area contributed by atoms with Gasteiger partial charge in [-0.25, -0.2) is 0 Å². The van der Waals surface area contributed by atoms with Gasteiger partial charge in [0.1, 0.15) is 11.5 Å². The summed E-state index contributed by atoms with van der Waals surface area (Å²) in [6.07, 6.45) is 0. The second kappa shape index (κ2) is 3.79. The fourth-order valence-corrected chi connectivity index (χ4v) is 1.03. The molecule has 0 N–H and O–H groups in total. The van der Waals surface area contributed by atoms with E-state index in [0.717, 1.165) is 18.1 Å². The molecule has 0 radical (unpaired) electrons. The molecule has 62 valence electrons. The Morgan fingerprint density at radius 2 is 2.00 bits per heavy atom. The molecule has 0 amide bonds. The van der Waals surface area contributed by atoms with Gasteiger partial charge in [0.05, 0.1) is 12.4 Å². The number of hydrogen-bond acceptors (Lipinski definition) is 2. The Hall–Kier alpha value is -0.470. The molecule has 0 aromatic carbocycles. The molecule has 0 aliphatic rings. The van der Waals surface area contributed by atoms with Gasteiger partial charge in [-0.1, -0.05) is 0 Å². The van der Waals surface area contributed by atoms with Gasteiger partial charge in [-0.05, 0) is 26.2 Å². The highest BCUT2D eigenvalue weighted by Crippen LogP contribution is 2.10. The van der Waals surface area contributed by atoms with E-state index in [1.807, 2.05) is 26.2 Å². The van der Waals surface area contributed by atoms with E-state index in [0.29, 0.717) is 5.88 Å². The quantitative estimate of drug-likeness (QED) is 0.651. The standard InChI is InChI=1S/C8H12ClNO/c1-10(2)6-8-4-3-7(5-9)11-8/h3-4H,5-6H2,1-2H3. The maximum absolute atomic E-state index is 5.57. The molecule has 0 bridgehead atoms. The molecule has 0 aliphatic heterocycles. The van der Waals surface area contributed by atoms with E-state index in [4.69, 9.17) is 16.0 Å². The molecule has 1 aromatic heterocycles. The molecule has 0 atom stereocenters. The van der Waals surface area contributed by atoms with Crippen molar-refractivity contribution in [3.8, 4) is 0 Å². The fraction of sp³-hybridized carbons (Fsp3) is 0.500. The Morgan fingerprint density at radius 1 is 1.36 bits per heavy atom. The fourth-order valence-electron chi connectivity index (χ4n) is 0.891. The molecular formula is C8H12ClNO. The highest BCUT2D eigenvalue weighted by Gasteiger charge is 2.00. The molecule has 0 unspecified atom stereocenters. The van der Waals surface area contributed by atoms with E-state index in [1.165, 1.54) is 0 Å². The predicted octanol–water partition coefficient (Wildman–Crippen LogP) is 2.08. The highest BCUT2D eigenvalue weighted by atomic mass is 35.5. The summed E-state index contributed by atoms with van der Waals surface area (Å²) in [7, 11) is 4.01. The molecule has 0 aliphatic carbocycles. The lowest BCUT2D eigenvalue weighted by atomic mass is 10.4. The van der Waals surface area contributed by atoms with E-state index in [-0.39, 0.29) is 0 Å². The number of nitrogens with zero attached hydrogens (tertiary/aromatic N) is 1. The molecule has 11 heavy (non-hydrogen) atoms. The van der Waals surface area contributed by atoms with Gasteiger partial charge in [-0.3, -0.25) is 0 Å². The Bertz CT molecular complexity index is 220. The second-order valence-electron chi connectivity index (χ2n) is 2.74. The van der Waals surface area contributed by atoms with Crippen LogP contribution in [0, 0.1) is 0 Å². The molecule has 0 saturated heterocycles. The van der Waals surface area contributed by atoms with Crippen LogP contribution < -0.4 is 0 Å². The van der Waals surface area contributed by atoms with Gasteiger partial charge in [-0.15, -0.1) is 11.6 Å². The third-order valence-electron chi connectivity index (χ3n) is 1.32. The van der Waals surface area contributed by atoms with E-state index >= 15 is 0 Å². The van der Waals surface area contributed by atoms with Crippen molar-refractivity contribution in [2.75, 3.05) is 14.1 Å². The minimum atomic E-state index is 0.452. The van der Waals surface area contributed by atoms with Crippen LogP contribution in [0.25, 0.3) is 0 Å². The summed E-state index contributed by atoms with van der Waals surface area (Å²) in [5.74, 6) is 2.25.